The molecule has 1 aromatic carbocycles. The highest BCUT2D eigenvalue weighted by molar-refractivity contribution is 6.30. The summed E-state index contributed by atoms with van der Waals surface area (Å²) in [5, 5.41) is 3.42. The summed E-state index contributed by atoms with van der Waals surface area (Å²) in [6.45, 7) is 0. The number of pyridine rings is 2. The van der Waals surface area contributed by atoms with E-state index >= 15 is 0 Å². The minimum Gasteiger partial charge on any atom is -0.439 e. The van der Waals surface area contributed by atoms with Gasteiger partial charge < -0.3 is 10.1 Å². The van der Waals surface area contributed by atoms with Crippen LogP contribution in [-0.4, -0.2) is 15.9 Å². The summed E-state index contributed by atoms with van der Waals surface area (Å²) in [6, 6.07) is 14.3. The van der Waals surface area contributed by atoms with Gasteiger partial charge in [-0.05, 0) is 54.4 Å². The fourth-order valence-electron chi connectivity index (χ4n) is 2.18. The molecule has 0 aliphatic carbocycles. The first-order chi connectivity index (χ1) is 12.2. The highest BCUT2D eigenvalue weighted by Gasteiger charge is 2.04. The third-order valence-corrected chi connectivity index (χ3v) is 3.67. The zero-order chi connectivity index (χ0) is 17.5. The number of amides is 1. The van der Waals surface area contributed by atoms with Crippen molar-refractivity contribution in [1.29, 1.82) is 0 Å². The number of nitrogens with zero attached hydrogens (tertiary/aromatic N) is 2. The lowest BCUT2D eigenvalue weighted by atomic mass is 10.1. The van der Waals surface area contributed by atoms with Crippen LogP contribution in [0.5, 0.6) is 11.6 Å². The molecule has 0 atom stereocenters. The van der Waals surface area contributed by atoms with E-state index in [1.54, 1.807) is 48.8 Å². The quantitative estimate of drug-likeness (QED) is 0.709. The number of aryl methyl sites for hydroxylation is 1. The second-order valence-electron chi connectivity index (χ2n) is 5.34. The molecule has 25 heavy (non-hydrogen) atoms. The van der Waals surface area contributed by atoms with E-state index in [1.807, 2.05) is 12.1 Å². The van der Waals surface area contributed by atoms with Gasteiger partial charge in [0.05, 0.1) is 5.02 Å². The Balaban J connectivity index is 1.51. The van der Waals surface area contributed by atoms with E-state index in [0.717, 1.165) is 11.3 Å². The summed E-state index contributed by atoms with van der Waals surface area (Å²) in [4.78, 5) is 20.0. The van der Waals surface area contributed by atoms with Gasteiger partial charge in [0.1, 0.15) is 5.75 Å². The third kappa shape index (κ3) is 5.29. The van der Waals surface area contributed by atoms with Crippen molar-refractivity contribution in [3.05, 3.63) is 77.7 Å². The monoisotopic (exact) mass is 353 g/mol. The molecule has 0 spiro atoms. The molecule has 0 aliphatic heterocycles. The Morgan fingerprint density at radius 3 is 2.48 bits per heavy atom. The number of aromatic nitrogens is 2. The van der Waals surface area contributed by atoms with E-state index in [4.69, 9.17) is 16.3 Å². The molecule has 1 N–H and O–H groups in total. The molecule has 0 radical (unpaired) electrons. The number of benzene rings is 1. The van der Waals surface area contributed by atoms with Crippen LogP contribution in [0.1, 0.15) is 12.0 Å². The maximum atomic E-state index is 12.0. The summed E-state index contributed by atoms with van der Waals surface area (Å²) < 4.78 is 5.61. The van der Waals surface area contributed by atoms with Gasteiger partial charge in [0, 0.05) is 36.8 Å². The molecule has 2 heterocycles. The van der Waals surface area contributed by atoms with Gasteiger partial charge in [-0.25, -0.2) is 4.98 Å². The van der Waals surface area contributed by atoms with Crippen molar-refractivity contribution in [2.75, 3.05) is 5.32 Å². The number of hydrogen-bond donors (Lipinski definition) is 1. The van der Waals surface area contributed by atoms with Crippen LogP contribution in [0.25, 0.3) is 0 Å². The van der Waals surface area contributed by atoms with Crippen LogP contribution < -0.4 is 10.1 Å². The number of nitrogens with one attached hydrogen (secondary N) is 1. The zero-order valence-electron chi connectivity index (χ0n) is 13.4. The second-order valence-corrected chi connectivity index (χ2v) is 5.78. The van der Waals surface area contributed by atoms with E-state index in [2.05, 4.69) is 15.3 Å². The van der Waals surface area contributed by atoms with Gasteiger partial charge in [-0.1, -0.05) is 11.6 Å². The third-order valence-electron chi connectivity index (χ3n) is 3.45. The second kappa shape index (κ2) is 8.26. The van der Waals surface area contributed by atoms with Crippen molar-refractivity contribution in [3.8, 4) is 11.6 Å². The van der Waals surface area contributed by atoms with Gasteiger partial charge in [-0.2, -0.15) is 0 Å². The van der Waals surface area contributed by atoms with E-state index < -0.39 is 0 Å². The molecule has 3 aromatic rings. The molecule has 0 aliphatic rings. The lowest BCUT2D eigenvalue weighted by Gasteiger charge is -2.08. The molecular weight excluding hydrogens is 338 g/mol. The van der Waals surface area contributed by atoms with Crippen LogP contribution in [0.2, 0.25) is 5.02 Å². The Bertz CT molecular complexity index is 822. The topological polar surface area (TPSA) is 64.1 Å². The maximum absolute atomic E-state index is 12.0. The van der Waals surface area contributed by atoms with Crippen molar-refractivity contribution in [2.45, 2.75) is 12.8 Å². The van der Waals surface area contributed by atoms with E-state index in [1.165, 1.54) is 6.20 Å². The fraction of sp³-hybridized carbons (Fsp3) is 0.105. The van der Waals surface area contributed by atoms with Crippen molar-refractivity contribution in [2.24, 2.45) is 0 Å². The Morgan fingerprint density at radius 1 is 1.04 bits per heavy atom. The number of ether oxygens (including phenoxy) is 1. The predicted octanol–water partition coefficient (Wildman–Crippen LogP) is 4.49. The fourth-order valence-corrected chi connectivity index (χ4v) is 2.29. The van der Waals surface area contributed by atoms with Crippen LogP contribution >= 0.6 is 11.6 Å². The smallest absolute Gasteiger partial charge is 0.224 e. The molecular formula is C19H16ClN3O2. The van der Waals surface area contributed by atoms with E-state index in [-0.39, 0.29) is 5.91 Å². The van der Waals surface area contributed by atoms with Gasteiger partial charge in [0.2, 0.25) is 11.8 Å². The molecule has 6 heteroatoms. The first-order valence-electron chi connectivity index (χ1n) is 7.77. The largest absolute Gasteiger partial charge is 0.439 e. The lowest BCUT2D eigenvalue weighted by Crippen LogP contribution is -2.12. The molecule has 0 fully saturated rings. The molecule has 2 aromatic heterocycles. The minimum absolute atomic E-state index is 0.0372. The zero-order valence-corrected chi connectivity index (χ0v) is 14.1. The number of rotatable bonds is 6. The molecule has 0 saturated carbocycles. The van der Waals surface area contributed by atoms with Gasteiger partial charge in [0.25, 0.3) is 0 Å². The normalized spacial score (nSPS) is 10.3. The van der Waals surface area contributed by atoms with Gasteiger partial charge in [-0.15, -0.1) is 0 Å². The maximum Gasteiger partial charge on any atom is 0.224 e. The highest BCUT2D eigenvalue weighted by atomic mass is 35.5. The van der Waals surface area contributed by atoms with Crippen LogP contribution in [0.15, 0.2) is 67.1 Å². The number of carbonyl (C=O) groups excluding carboxylic acids is 1. The summed E-state index contributed by atoms with van der Waals surface area (Å²) in [7, 11) is 0. The van der Waals surface area contributed by atoms with Crippen molar-refractivity contribution in [1.82, 2.24) is 9.97 Å². The van der Waals surface area contributed by atoms with E-state index in [9.17, 15) is 4.79 Å². The van der Waals surface area contributed by atoms with Gasteiger partial charge in [0.15, 0.2) is 0 Å². The van der Waals surface area contributed by atoms with Crippen LogP contribution in [0.3, 0.4) is 0 Å². The average Bonchev–Trinajstić information content (AvgIpc) is 2.64. The predicted molar refractivity (Wildman–Crippen MR) is 97.0 cm³/mol. The molecule has 0 saturated heterocycles. The average molecular weight is 354 g/mol. The lowest BCUT2D eigenvalue weighted by molar-refractivity contribution is -0.116. The highest BCUT2D eigenvalue weighted by Crippen LogP contribution is 2.22. The number of hydrogen-bond acceptors (Lipinski definition) is 4. The van der Waals surface area contributed by atoms with Crippen molar-refractivity contribution < 1.29 is 9.53 Å². The number of carbonyl (C=O) groups is 1. The number of halogens is 1. The Kier molecular flexibility index (Phi) is 5.59. The van der Waals surface area contributed by atoms with Crippen LogP contribution in [0.4, 0.5) is 5.69 Å². The van der Waals surface area contributed by atoms with Gasteiger partial charge >= 0.3 is 0 Å². The molecule has 1 amide bonds. The SMILES string of the molecule is O=C(CCc1ccncc1)Nc1ccc(Oc2ccc(Cl)cn2)cc1. The Hall–Kier alpha value is -2.92. The molecule has 0 bridgehead atoms. The van der Waals surface area contributed by atoms with Crippen LogP contribution in [-0.2, 0) is 11.2 Å². The molecule has 0 unspecified atom stereocenters. The summed E-state index contributed by atoms with van der Waals surface area (Å²) >= 11 is 5.79. The Labute approximate surface area is 150 Å². The molecule has 5 nitrogen and oxygen atoms in total. The standard InChI is InChI=1S/C19H16ClN3O2/c20-15-2-8-19(22-13-15)25-17-5-3-16(4-6-17)23-18(24)7-1-14-9-11-21-12-10-14/h2-6,8-13H,1,7H2,(H,23,24). The van der Waals surface area contributed by atoms with Gasteiger partial charge in [-0.3, -0.25) is 9.78 Å². The van der Waals surface area contributed by atoms with E-state index in [0.29, 0.717) is 29.5 Å². The van der Waals surface area contributed by atoms with Crippen molar-refractivity contribution >= 4 is 23.2 Å². The first-order valence-corrected chi connectivity index (χ1v) is 8.15. The Morgan fingerprint density at radius 2 is 1.80 bits per heavy atom. The summed E-state index contributed by atoms with van der Waals surface area (Å²) in [6.07, 6.45) is 6.06. The number of anilines is 1. The summed E-state index contributed by atoms with van der Waals surface area (Å²) in [5.74, 6) is 1.05. The van der Waals surface area contributed by atoms with Crippen LogP contribution in [0, 0.1) is 0 Å². The molecule has 3 rings (SSSR count). The minimum atomic E-state index is -0.0372. The van der Waals surface area contributed by atoms with Crippen molar-refractivity contribution in [3.63, 3.8) is 0 Å². The molecule has 126 valence electrons. The summed E-state index contributed by atoms with van der Waals surface area (Å²) in [5.41, 5.74) is 1.81. The first kappa shape index (κ1) is 16.9.